The number of nitrogens with one attached hydrogen (secondary N) is 1. The van der Waals surface area contributed by atoms with Gasteiger partial charge in [-0.25, -0.2) is 9.97 Å². The lowest BCUT2D eigenvalue weighted by atomic mass is 9.50. The summed E-state index contributed by atoms with van der Waals surface area (Å²) in [4.78, 5) is 11.7. The van der Waals surface area contributed by atoms with E-state index in [1.54, 1.807) is 0 Å². The molecule has 3 aliphatic carbocycles. The topological polar surface area (TPSA) is 88.3 Å². The fraction of sp³-hybridized carbons (Fsp3) is 0.560. The van der Waals surface area contributed by atoms with Gasteiger partial charge in [0.15, 0.2) is 0 Å². The highest BCUT2D eigenvalue weighted by Crippen LogP contribution is 2.62. The highest BCUT2D eigenvalue weighted by atomic mass is 35.5. The number of hydrogen-bond acceptors (Lipinski definition) is 7. The summed E-state index contributed by atoms with van der Waals surface area (Å²) in [6.45, 7) is 2.94. The second kappa shape index (κ2) is 7.88. The van der Waals surface area contributed by atoms with Crippen LogP contribution in [0.25, 0.3) is 10.9 Å². The maximum absolute atomic E-state index is 10.2. The van der Waals surface area contributed by atoms with Gasteiger partial charge >= 0.3 is 0 Å². The number of piperidine rings is 1. The molecule has 0 amide bonds. The smallest absolute Gasteiger partial charge is 0.227 e. The van der Waals surface area contributed by atoms with Gasteiger partial charge in [-0.15, -0.1) is 0 Å². The van der Waals surface area contributed by atoms with Gasteiger partial charge in [0, 0.05) is 22.8 Å². The summed E-state index contributed by atoms with van der Waals surface area (Å²) >= 11 is 6.71. The number of aliphatic hydroxyl groups excluding tert-OH is 1. The molecule has 2 atom stereocenters. The fourth-order valence-electron chi connectivity index (χ4n) is 6.35. The average Bonchev–Trinajstić information content (AvgIpc) is 3.41. The second-order valence-corrected chi connectivity index (χ2v) is 11.0. The molecule has 2 saturated heterocycles. The molecule has 2 N–H and O–H groups in total. The molecule has 3 aromatic rings. The lowest BCUT2D eigenvalue weighted by molar-refractivity contribution is -0.0977. The van der Waals surface area contributed by atoms with Crippen molar-refractivity contribution in [3.8, 4) is 0 Å². The molecule has 5 aliphatic rings. The molecule has 0 radical (unpaired) electrons. The monoisotopic (exact) mass is 480 g/mol. The molecule has 4 heterocycles. The molecule has 0 unspecified atom stereocenters. The van der Waals surface area contributed by atoms with Crippen LogP contribution in [0.15, 0.2) is 30.7 Å². The van der Waals surface area contributed by atoms with Crippen molar-refractivity contribution in [3.63, 3.8) is 0 Å². The number of aliphatic hydroxyl groups is 1. The van der Waals surface area contributed by atoms with Crippen molar-refractivity contribution in [2.45, 2.75) is 55.7 Å². The van der Waals surface area contributed by atoms with E-state index < -0.39 is 0 Å². The van der Waals surface area contributed by atoms with E-state index in [1.165, 1.54) is 19.3 Å². The van der Waals surface area contributed by atoms with E-state index >= 15 is 0 Å². The summed E-state index contributed by atoms with van der Waals surface area (Å²) in [6.07, 6.45) is 11.2. The molecule has 5 fully saturated rings. The summed E-state index contributed by atoms with van der Waals surface area (Å²) in [5.74, 6) is 1.87. The number of aromatic nitrogens is 4. The molecule has 1 aromatic carbocycles. The minimum absolute atomic E-state index is 0.119. The predicted molar refractivity (Wildman–Crippen MR) is 130 cm³/mol. The third-order valence-electron chi connectivity index (χ3n) is 8.49. The van der Waals surface area contributed by atoms with Crippen LogP contribution in [0.5, 0.6) is 0 Å². The van der Waals surface area contributed by atoms with E-state index in [0.29, 0.717) is 25.1 Å². The summed E-state index contributed by atoms with van der Waals surface area (Å²) in [5.41, 5.74) is 3.24. The molecule has 2 aliphatic heterocycles. The zero-order chi connectivity index (χ0) is 22.9. The molecule has 34 heavy (non-hydrogen) atoms. The van der Waals surface area contributed by atoms with Gasteiger partial charge in [0.2, 0.25) is 5.95 Å². The quantitative estimate of drug-likeness (QED) is 0.576. The number of nitrogens with zero attached hydrogens (tertiary/aromatic N) is 5. The first kappa shape index (κ1) is 21.1. The van der Waals surface area contributed by atoms with Crippen LogP contribution in [0.3, 0.4) is 0 Å². The maximum Gasteiger partial charge on any atom is 0.227 e. The number of benzene rings is 1. The molecule has 8 nitrogen and oxygen atoms in total. The van der Waals surface area contributed by atoms with Crippen LogP contribution >= 0.6 is 11.6 Å². The SMILES string of the molecule is O[C@@H]1COC[C@@H]1N1CCC(c2cc3nc(Nc4cnn(C56CC(C5)C6)c4)ncc3cc2Cl)CC1. The summed E-state index contributed by atoms with van der Waals surface area (Å²) in [6, 6.07) is 4.23. The van der Waals surface area contributed by atoms with Gasteiger partial charge in [-0.3, -0.25) is 9.58 Å². The zero-order valence-electron chi connectivity index (χ0n) is 19.0. The number of anilines is 2. The Morgan fingerprint density at radius 3 is 2.65 bits per heavy atom. The molecule has 2 bridgehead atoms. The van der Waals surface area contributed by atoms with Gasteiger partial charge in [-0.05, 0) is 74.7 Å². The molecule has 0 spiro atoms. The lowest BCUT2D eigenvalue weighted by Gasteiger charge is -2.61. The molecule has 9 heteroatoms. The molecule has 178 valence electrons. The normalized spacial score (nSPS) is 31.4. The number of fused-ring (bicyclic) bond motifs is 1. The number of likely N-dealkylation sites (tertiary alicyclic amines) is 1. The molecular weight excluding hydrogens is 452 g/mol. The van der Waals surface area contributed by atoms with E-state index in [0.717, 1.165) is 59.0 Å². The first-order valence-corrected chi connectivity index (χ1v) is 12.7. The van der Waals surface area contributed by atoms with Crippen molar-refractivity contribution in [3.05, 3.63) is 41.3 Å². The number of hydrogen-bond donors (Lipinski definition) is 2. The largest absolute Gasteiger partial charge is 0.389 e. The number of halogens is 1. The minimum atomic E-state index is -0.380. The Morgan fingerprint density at radius 1 is 1.12 bits per heavy atom. The van der Waals surface area contributed by atoms with Crippen molar-refractivity contribution in [2.24, 2.45) is 5.92 Å². The molecular formula is C25H29ClN6O2. The van der Waals surface area contributed by atoms with Crippen LogP contribution in [-0.2, 0) is 10.3 Å². The first-order chi connectivity index (χ1) is 16.6. The van der Waals surface area contributed by atoms with Gasteiger partial charge in [0.1, 0.15) is 0 Å². The molecule has 2 aromatic heterocycles. The van der Waals surface area contributed by atoms with Crippen molar-refractivity contribution in [2.75, 3.05) is 31.6 Å². The van der Waals surface area contributed by atoms with E-state index in [1.807, 2.05) is 18.5 Å². The zero-order valence-corrected chi connectivity index (χ0v) is 19.8. The van der Waals surface area contributed by atoms with E-state index in [2.05, 4.69) is 37.2 Å². The van der Waals surface area contributed by atoms with Crippen LogP contribution in [0, 0.1) is 5.92 Å². The van der Waals surface area contributed by atoms with Gasteiger partial charge in [0.25, 0.3) is 0 Å². The van der Waals surface area contributed by atoms with Crippen molar-refractivity contribution in [1.29, 1.82) is 0 Å². The average molecular weight is 481 g/mol. The number of rotatable bonds is 5. The standard InChI is InChI=1S/C25H29ClN6O2/c26-20-5-17-10-27-24(29-18-11-28-32(12-18)25-7-15(8-25)9-25)30-21(17)6-19(20)16-1-3-31(4-2-16)22-13-34-14-23(22)33/h5-6,10-12,15-16,22-23,33H,1-4,7-9,13-14H2,(H,27,29,30)/t15?,22-,23+,25?/m0/s1. The van der Waals surface area contributed by atoms with Crippen LogP contribution in [0.2, 0.25) is 5.02 Å². The van der Waals surface area contributed by atoms with Crippen molar-refractivity contribution in [1.82, 2.24) is 24.6 Å². The molecule has 8 rings (SSSR count). The van der Waals surface area contributed by atoms with Crippen LogP contribution in [0.1, 0.15) is 43.6 Å². The highest BCUT2D eigenvalue weighted by molar-refractivity contribution is 6.32. The second-order valence-electron chi connectivity index (χ2n) is 10.6. The lowest BCUT2D eigenvalue weighted by Crippen LogP contribution is -2.59. The summed E-state index contributed by atoms with van der Waals surface area (Å²) in [7, 11) is 0. The fourth-order valence-corrected chi connectivity index (χ4v) is 6.68. The predicted octanol–water partition coefficient (Wildman–Crippen LogP) is 3.67. The van der Waals surface area contributed by atoms with E-state index in [9.17, 15) is 5.11 Å². The van der Waals surface area contributed by atoms with Crippen molar-refractivity contribution < 1.29 is 9.84 Å². The first-order valence-electron chi connectivity index (χ1n) is 12.3. The van der Waals surface area contributed by atoms with E-state index in [4.69, 9.17) is 21.3 Å². The Kier molecular flexibility index (Phi) is 4.88. The Morgan fingerprint density at radius 2 is 1.94 bits per heavy atom. The van der Waals surface area contributed by atoms with Crippen LogP contribution in [-0.4, -0.2) is 68.2 Å². The van der Waals surface area contributed by atoms with Crippen molar-refractivity contribution >= 4 is 34.1 Å². The summed E-state index contributed by atoms with van der Waals surface area (Å²) in [5, 5.41) is 19.8. The van der Waals surface area contributed by atoms with Gasteiger partial charge in [-0.1, -0.05) is 11.6 Å². The van der Waals surface area contributed by atoms with Crippen LogP contribution < -0.4 is 5.32 Å². The number of ether oxygens (including phenoxy) is 1. The summed E-state index contributed by atoms with van der Waals surface area (Å²) < 4.78 is 7.57. The third-order valence-corrected chi connectivity index (χ3v) is 8.82. The Labute approximate surface area is 203 Å². The highest BCUT2D eigenvalue weighted by Gasteiger charge is 2.58. The van der Waals surface area contributed by atoms with Gasteiger partial charge in [-0.2, -0.15) is 5.10 Å². The van der Waals surface area contributed by atoms with Gasteiger partial charge < -0.3 is 15.2 Å². The Bertz CT molecular complexity index is 1220. The van der Waals surface area contributed by atoms with E-state index in [-0.39, 0.29) is 17.7 Å². The third kappa shape index (κ3) is 3.42. The molecule has 3 saturated carbocycles. The van der Waals surface area contributed by atoms with Crippen LogP contribution in [0.4, 0.5) is 11.6 Å². The Hall–Kier alpha value is -2.26. The maximum atomic E-state index is 10.2. The van der Waals surface area contributed by atoms with Gasteiger partial charge in [0.05, 0.1) is 48.3 Å². The minimum Gasteiger partial charge on any atom is -0.389 e. The Balaban J connectivity index is 1.08.